The molecular formula is C19H14FN3. The minimum atomic E-state index is -0.354. The van der Waals surface area contributed by atoms with Gasteiger partial charge in [-0.2, -0.15) is 0 Å². The average Bonchev–Trinajstić information content (AvgIpc) is 2.58. The van der Waals surface area contributed by atoms with Crippen LogP contribution in [0.15, 0.2) is 60.8 Å². The summed E-state index contributed by atoms with van der Waals surface area (Å²) in [5.41, 5.74) is 8.44. The SMILES string of the molecule is Nc1ncc(C#Cc2ccccc2F)nc1Cc1ccccc1. The summed E-state index contributed by atoms with van der Waals surface area (Å²) in [7, 11) is 0. The minimum absolute atomic E-state index is 0.329. The Morgan fingerprint density at radius 1 is 0.957 bits per heavy atom. The normalized spacial score (nSPS) is 9.96. The molecule has 0 spiro atoms. The van der Waals surface area contributed by atoms with Crippen molar-refractivity contribution in [1.82, 2.24) is 9.97 Å². The van der Waals surface area contributed by atoms with Gasteiger partial charge in [-0.3, -0.25) is 0 Å². The molecule has 112 valence electrons. The molecule has 0 saturated carbocycles. The zero-order valence-electron chi connectivity index (χ0n) is 12.3. The van der Waals surface area contributed by atoms with Crippen molar-refractivity contribution in [3.63, 3.8) is 0 Å². The van der Waals surface area contributed by atoms with Crippen molar-refractivity contribution >= 4 is 5.82 Å². The smallest absolute Gasteiger partial charge is 0.145 e. The van der Waals surface area contributed by atoms with Crippen LogP contribution in [0.2, 0.25) is 0 Å². The van der Waals surface area contributed by atoms with Crippen molar-refractivity contribution in [2.45, 2.75) is 6.42 Å². The molecule has 0 aliphatic heterocycles. The van der Waals surface area contributed by atoms with E-state index in [-0.39, 0.29) is 5.82 Å². The van der Waals surface area contributed by atoms with E-state index in [1.807, 2.05) is 30.3 Å². The molecule has 1 aromatic heterocycles. The lowest BCUT2D eigenvalue weighted by molar-refractivity contribution is 0.624. The quantitative estimate of drug-likeness (QED) is 0.740. The molecule has 0 atom stereocenters. The Labute approximate surface area is 134 Å². The van der Waals surface area contributed by atoms with E-state index in [1.54, 1.807) is 18.2 Å². The van der Waals surface area contributed by atoms with E-state index in [9.17, 15) is 4.39 Å². The molecule has 3 rings (SSSR count). The Kier molecular flexibility index (Phi) is 4.30. The lowest BCUT2D eigenvalue weighted by Crippen LogP contribution is -2.03. The molecule has 2 N–H and O–H groups in total. The molecule has 1 heterocycles. The van der Waals surface area contributed by atoms with Gasteiger partial charge in [0.1, 0.15) is 17.3 Å². The van der Waals surface area contributed by atoms with Crippen molar-refractivity contribution in [2.24, 2.45) is 0 Å². The number of halogens is 1. The molecule has 23 heavy (non-hydrogen) atoms. The first kappa shape index (κ1) is 14.7. The first-order valence-corrected chi connectivity index (χ1v) is 7.14. The number of nitrogens with zero attached hydrogens (tertiary/aromatic N) is 2. The number of hydrogen-bond donors (Lipinski definition) is 1. The van der Waals surface area contributed by atoms with Crippen LogP contribution in [0.4, 0.5) is 10.2 Å². The van der Waals surface area contributed by atoms with Crippen molar-refractivity contribution in [2.75, 3.05) is 5.73 Å². The van der Waals surface area contributed by atoms with Gasteiger partial charge in [-0.25, -0.2) is 14.4 Å². The molecule has 0 aliphatic rings. The molecule has 0 bridgehead atoms. The predicted molar refractivity (Wildman–Crippen MR) is 88.1 cm³/mol. The molecule has 0 aliphatic carbocycles. The van der Waals surface area contributed by atoms with E-state index >= 15 is 0 Å². The number of benzene rings is 2. The lowest BCUT2D eigenvalue weighted by Gasteiger charge is -2.04. The van der Waals surface area contributed by atoms with E-state index in [0.29, 0.717) is 29.2 Å². The highest BCUT2D eigenvalue weighted by Gasteiger charge is 2.05. The number of nitrogen functional groups attached to an aromatic ring is 1. The van der Waals surface area contributed by atoms with Gasteiger partial charge >= 0.3 is 0 Å². The Bertz CT molecular complexity index is 880. The number of nitrogens with two attached hydrogens (primary N) is 1. The third kappa shape index (κ3) is 3.72. The van der Waals surface area contributed by atoms with Crippen LogP contribution in [-0.2, 0) is 6.42 Å². The summed E-state index contributed by atoms with van der Waals surface area (Å²) in [4.78, 5) is 8.56. The first-order chi connectivity index (χ1) is 11.2. The molecule has 0 radical (unpaired) electrons. The molecule has 0 fully saturated rings. The highest BCUT2D eigenvalue weighted by atomic mass is 19.1. The third-order valence-electron chi connectivity index (χ3n) is 3.29. The molecular weight excluding hydrogens is 289 g/mol. The highest BCUT2D eigenvalue weighted by Crippen LogP contribution is 2.12. The van der Waals surface area contributed by atoms with Crippen molar-refractivity contribution in [1.29, 1.82) is 0 Å². The van der Waals surface area contributed by atoms with Crippen LogP contribution < -0.4 is 5.73 Å². The molecule has 3 aromatic rings. The van der Waals surface area contributed by atoms with Crippen molar-refractivity contribution in [3.8, 4) is 11.8 Å². The summed E-state index contributed by atoms with van der Waals surface area (Å²) >= 11 is 0. The van der Waals surface area contributed by atoms with Crippen molar-refractivity contribution in [3.05, 3.63) is 89.1 Å². The average molecular weight is 303 g/mol. The monoisotopic (exact) mass is 303 g/mol. The topological polar surface area (TPSA) is 51.8 Å². The maximum atomic E-state index is 13.6. The second kappa shape index (κ2) is 6.71. The lowest BCUT2D eigenvalue weighted by atomic mass is 10.1. The zero-order chi connectivity index (χ0) is 16.1. The summed E-state index contributed by atoms with van der Waals surface area (Å²) in [6, 6.07) is 16.2. The standard InChI is InChI=1S/C19H14FN3/c20-17-9-5-4-8-15(17)10-11-16-13-22-19(21)18(23-16)12-14-6-2-1-3-7-14/h1-9,13H,12H2,(H2,21,22). The molecule has 0 unspecified atom stereocenters. The summed E-state index contributed by atoms with van der Waals surface area (Å²) in [6.07, 6.45) is 2.08. The van der Waals surface area contributed by atoms with E-state index in [1.165, 1.54) is 12.3 Å². The fourth-order valence-corrected chi connectivity index (χ4v) is 2.11. The van der Waals surface area contributed by atoms with Crippen LogP contribution in [-0.4, -0.2) is 9.97 Å². The van der Waals surface area contributed by atoms with Gasteiger partial charge in [0.15, 0.2) is 0 Å². The van der Waals surface area contributed by atoms with Crippen LogP contribution in [0.5, 0.6) is 0 Å². The Morgan fingerprint density at radius 2 is 1.70 bits per heavy atom. The van der Waals surface area contributed by atoms with E-state index in [0.717, 1.165) is 5.56 Å². The van der Waals surface area contributed by atoms with Gasteiger partial charge in [-0.1, -0.05) is 48.4 Å². The maximum absolute atomic E-state index is 13.6. The molecule has 3 nitrogen and oxygen atoms in total. The van der Waals surface area contributed by atoms with Crippen LogP contribution >= 0.6 is 0 Å². The number of rotatable bonds is 2. The molecule has 0 saturated heterocycles. The fraction of sp³-hybridized carbons (Fsp3) is 0.0526. The largest absolute Gasteiger partial charge is 0.382 e. The van der Waals surface area contributed by atoms with Gasteiger partial charge < -0.3 is 5.73 Å². The first-order valence-electron chi connectivity index (χ1n) is 7.14. The Hall–Kier alpha value is -3.19. The molecule has 0 amide bonds. The summed E-state index contributed by atoms with van der Waals surface area (Å²) in [6.45, 7) is 0. The third-order valence-corrected chi connectivity index (χ3v) is 3.29. The second-order valence-corrected chi connectivity index (χ2v) is 4.98. The van der Waals surface area contributed by atoms with Crippen molar-refractivity contribution < 1.29 is 4.39 Å². The second-order valence-electron chi connectivity index (χ2n) is 4.98. The van der Waals surface area contributed by atoms with Gasteiger partial charge in [0.2, 0.25) is 0 Å². The number of anilines is 1. The Morgan fingerprint density at radius 3 is 2.48 bits per heavy atom. The van der Waals surface area contributed by atoms with Gasteiger partial charge in [0, 0.05) is 6.42 Å². The number of aromatic nitrogens is 2. The summed E-state index contributed by atoms with van der Waals surface area (Å²) < 4.78 is 13.6. The van der Waals surface area contributed by atoms with Crippen LogP contribution in [0, 0.1) is 17.7 Å². The predicted octanol–water partition coefficient (Wildman–Crippen LogP) is 3.19. The van der Waals surface area contributed by atoms with Gasteiger partial charge in [-0.05, 0) is 23.6 Å². The zero-order valence-corrected chi connectivity index (χ0v) is 12.3. The van der Waals surface area contributed by atoms with Gasteiger partial charge in [-0.15, -0.1) is 0 Å². The summed E-state index contributed by atoms with van der Waals surface area (Å²) in [5, 5.41) is 0. The van der Waals surface area contributed by atoms with Crippen LogP contribution in [0.25, 0.3) is 0 Å². The van der Waals surface area contributed by atoms with Gasteiger partial charge in [0.05, 0.1) is 17.5 Å². The van der Waals surface area contributed by atoms with Crippen LogP contribution in [0.3, 0.4) is 0 Å². The maximum Gasteiger partial charge on any atom is 0.145 e. The van der Waals surface area contributed by atoms with Crippen LogP contribution in [0.1, 0.15) is 22.5 Å². The molecule has 2 aromatic carbocycles. The summed E-state index contributed by atoms with van der Waals surface area (Å²) in [5.74, 6) is 5.63. The van der Waals surface area contributed by atoms with E-state index < -0.39 is 0 Å². The highest BCUT2D eigenvalue weighted by molar-refractivity contribution is 5.44. The Balaban J connectivity index is 1.88. The number of hydrogen-bond acceptors (Lipinski definition) is 3. The van der Waals surface area contributed by atoms with E-state index in [2.05, 4.69) is 21.8 Å². The molecule has 4 heteroatoms. The van der Waals surface area contributed by atoms with E-state index in [4.69, 9.17) is 5.73 Å². The van der Waals surface area contributed by atoms with Gasteiger partial charge in [0.25, 0.3) is 0 Å². The minimum Gasteiger partial charge on any atom is -0.382 e. The fourth-order valence-electron chi connectivity index (χ4n) is 2.11.